The van der Waals surface area contributed by atoms with Crippen LogP contribution in [0.3, 0.4) is 0 Å². The summed E-state index contributed by atoms with van der Waals surface area (Å²) in [5.41, 5.74) is 1.51. The van der Waals surface area contributed by atoms with E-state index < -0.39 is 0 Å². The van der Waals surface area contributed by atoms with E-state index in [2.05, 4.69) is 5.32 Å². The molecular weight excluding hydrogens is 326 g/mol. The van der Waals surface area contributed by atoms with Gasteiger partial charge in [0.1, 0.15) is 5.58 Å². The van der Waals surface area contributed by atoms with Crippen molar-refractivity contribution in [3.63, 3.8) is 0 Å². The third-order valence-corrected chi connectivity index (χ3v) is 5.07. The standard InChI is InChI=1S/C22H21NO3/c24-20-17-13-7-8-14-18(17)26-22(19(20)15-9-3-1-4-10-15)23-21(25)16-11-5-2-6-12-16/h1,3-4,7-10,13-14,16H,2,5-6,11-12H2,(H,23,25). The van der Waals surface area contributed by atoms with Gasteiger partial charge in [-0.05, 0) is 30.5 Å². The summed E-state index contributed by atoms with van der Waals surface area (Å²) < 4.78 is 5.96. The van der Waals surface area contributed by atoms with Crippen molar-refractivity contribution in [2.75, 3.05) is 5.32 Å². The molecule has 4 heteroatoms. The first kappa shape index (κ1) is 16.6. The molecule has 1 heterocycles. The highest BCUT2D eigenvalue weighted by Crippen LogP contribution is 2.30. The van der Waals surface area contributed by atoms with Gasteiger partial charge in [0.05, 0.1) is 10.9 Å². The molecule has 0 spiro atoms. The number of carbonyl (C=O) groups is 1. The van der Waals surface area contributed by atoms with Crippen molar-refractivity contribution in [1.82, 2.24) is 0 Å². The lowest BCUT2D eigenvalue weighted by molar-refractivity contribution is -0.120. The minimum Gasteiger partial charge on any atom is -0.439 e. The molecule has 0 aliphatic heterocycles. The van der Waals surface area contributed by atoms with Crippen LogP contribution in [0.5, 0.6) is 0 Å². The van der Waals surface area contributed by atoms with Gasteiger partial charge in [0, 0.05) is 5.92 Å². The van der Waals surface area contributed by atoms with E-state index in [4.69, 9.17) is 4.42 Å². The predicted octanol–water partition coefficient (Wildman–Crippen LogP) is 4.98. The topological polar surface area (TPSA) is 59.3 Å². The molecule has 1 aliphatic carbocycles. The van der Waals surface area contributed by atoms with Crippen molar-refractivity contribution >= 4 is 22.8 Å². The molecule has 3 aromatic rings. The van der Waals surface area contributed by atoms with Crippen LogP contribution in [0.2, 0.25) is 0 Å². The number of hydrogen-bond donors (Lipinski definition) is 1. The summed E-state index contributed by atoms with van der Waals surface area (Å²) in [4.78, 5) is 25.8. The maximum atomic E-state index is 13.1. The zero-order chi connectivity index (χ0) is 17.9. The van der Waals surface area contributed by atoms with E-state index in [1.165, 1.54) is 6.42 Å². The van der Waals surface area contributed by atoms with Gasteiger partial charge in [-0.25, -0.2) is 0 Å². The van der Waals surface area contributed by atoms with E-state index in [0.717, 1.165) is 31.2 Å². The normalized spacial score (nSPS) is 15.1. The van der Waals surface area contributed by atoms with Crippen molar-refractivity contribution in [1.29, 1.82) is 0 Å². The molecule has 132 valence electrons. The summed E-state index contributed by atoms with van der Waals surface area (Å²) >= 11 is 0. The SMILES string of the molecule is O=C(Nc1oc2ccccc2c(=O)c1-c1ccccc1)C1CCCCC1. The molecule has 1 N–H and O–H groups in total. The van der Waals surface area contributed by atoms with Crippen LogP contribution in [0.25, 0.3) is 22.1 Å². The number of para-hydroxylation sites is 1. The molecule has 2 aromatic carbocycles. The molecule has 1 aromatic heterocycles. The van der Waals surface area contributed by atoms with Crippen LogP contribution in [0.1, 0.15) is 32.1 Å². The summed E-state index contributed by atoms with van der Waals surface area (Å²) in [6.45, 7) is 0. The summed E-state index contributed by atoms with van der Waals surface area (Å²) in [6.07, 6.45) is 5.12. The Balaban J connectivity index is 1.81. The van der Waals surface area contributed by atoms with Crippen LogP contribution in [-0.4, -0.2) is 5.91 Å². The van der Waals surface area contributed by atoms with Gasteiger partial charge in [-0.3, -0.25) is 14.9 Å². The fourth-order valence-electron chi connectivity index (χ4n) is 3.68. The number of carbonyl (C=O) groups excluding carboxylic acids is 1. The fraction of sp³-hybridized carbons (Fsp3) is 0.273. The lowest BCUT2D eigenvalue weighted by Gasteiger charge is -2.21. The number of nitrogens with one attached hydrogen (secondary N) is 1. The first-order valence-electron chi connectivity index (χ1n) is 9.16. The molecule has 0 atom stereocenters. The van der Waals surface area contributed by atoms with Gasteiger partial charge in [0.15, 0.2) is 0 Å². The van der Waals surface area contributed by atoms with Crippen molar-refractivity contribution in [3.8, 4) is 11.1 Å². The Morgan fingerprint density at radius 3 is 2.38 bits per heavy atom. The van der Waals surface area contributed by atoms with Crippen molar-refractivity contribution in [2.24, 2.45) is 5.92 Å². The molecular formula is C22H21NO3. The van der Waals surface area contributed by atoms with Crippen LogP contribution in [0, 0.1) is 5.92 Å². The van der Waals surface area contributed by atoms with Gasteiger partial charge < -0.3 is 4.42 Å². The highest BCUT2D eigenvalue weighted by Gasteiger charge is 2.24. The Hall–Kier alpha value is -2.88. The Kier molecular flexibility index (Phi) is 4.57. The monoisotopic (exact) mass is 347 g/mol. The van der Waals surface area contributed by atoms with Gasteiger partial charge >= 0.3 is 0 Å². The average molecular weight is 347 g/mol. The van der Waals surface area contributed by atoms with Crippen LogP contribution in [0.15, 0.2) is 63.8 Å². The molecule has 1 aliphatic rings. The molecule has 0 saturated heterocycles. The predicted molar refractivity (Wildman–Crippen MR) is 103 cm³/mol. The van der Waals surface area contributed by atoms with Gasteiger partial charge in [-0.1, -0.05) is 61.7 Å². The number of benzene rings is 2. The van der Waals surface area contributed by atoms with E-state index in [1.54, 1.807) is 12.1 Å². The van der Waals surface area contributed by atoms with Gasteiger partial charge in [-0.15, -0.1) is 0 Å². The smallest absolute Gasteiger partial charge is 0.229 e. The molecule has 1 saturated carbocycles. The van der Waals surface area contributed by atoms with E-state index in [1.807, 2.05) is 42.5 Å². The van der Waals surface area contributed by atoms with Crippen LogP contribution in [-0.2, 0) is 4.79 Å². The minimum absolute atomic E-state index is 0.0101. The maximum Gasteiger partial charge on any atom is 0.229 e. The number of hydrogen-bond acceptors (Lipinski definition) is 3. The lowest BCUT2D eigenvalue weighted by Crippen LogP contribution is -2.26. The molecule has 1 amide bonds. The van der Waals surface area contributed by atoms with E-state index >= 15 is 0 Å². The summed E-state index contributed by atoms with van der Waals surface area (Å²) in [5, 5.41) is 3.42. The molecule has 26 heavy (non-hydrogen) atoms. The molecule has 1 fully saturated rings. The number of rotatable bonds is 3. The van der Waals surface area contributed by atoms with Crippen molar-refractivity contribution in [3.05, 3.63) is 64.8 Å². The highest BCUT2D eigenvalue weighted by molar-refractivity contribution is 5.97. The Morgan fingerprint density at radius 1 is 0.923 bits per heavy atom. The largest absolute Gasteiger partial charge is 0.439 e. The number of fused-ring (bicyclic) bond motifs is 1. The third kappa shape index (κ3) is 3.15. The summed E-state index contributed by atoms with van der Waals surface area (Å²) in [5.74, 6) is 0.180. The summed E-state index contributed by atoms with van der Waals surface area (Å²) in [7, 11) is 0. The second-order valence-electron chi connectivity index (χ2n) is 6.82. The van der Waals surface area contributed by atoms with Crippen molar-refractivity contribution in [2.45, 2.75) is 32.1 Å². The minimum atomic E-state index is -0.128. The first-order valence-corrected chi connectivity index (χ1v) is 9.16. The van der Waals surface area contributed by atoms with Gasteiger partial charge in [0.25, 0.3) is 0 Å². The zero-order valence-corrected chi connectivity index (χ0v) is 14.5. The lowest BCUT2D eigenvalue weighted by atomic mass is 9.88. The molecule has 4 nitrogen and oxygen atoms in total. The maximum absolute atomic E-state index is 13.1. The zero-order valence-electron chi connectivity index (χ0n) is 14.5. The van der Waals surface area contributed by atoms with Crippen LogP contribution in [0.4, 0.5) is 5.88 Å². The Labute approximate surface area is 151 Å². The van der Waals surface area contributed by atoms with Crippen molar-refractivity contribution < 1.29 is 9.21 Å². The van der Waals surface area contributed by atoms with Gasteiger partial charge in [-0.2, -0.15) is 0 Å². The Bertz CT molecular complexity index is 985. The van der Waals surface area contributed by atoms with Crippen LogP contribution >= 0.6 is 0 Å². The average Bonchev–Trinajstić information content (AvgIpc) is 2.69. The summed E-state index contributed by atoms with van der Waals surface area (Å²) in [6, 6.07) is 16.5. The highest BCUT2D eigenvalue weighted by atomic mass is 16.4. The van der Waals surface area contributed by atoms with E-state index in [0.29, 0.717) is 16.5 Å². The van der Waals surface area contributed by atoms with Gasteiger partial charge in [0.2, 0.25) is 17.2 Å². The molecule has 0 unspecified atom stereocenters. The third-order valence-electron chi connectivity index (χ3n) is 5.07. The fourth-order valence-corrected chi connectivity index (χ4v) is 3.68. The van der Waals surface area contributed by atoms with E-state index in [-0.39, 0.29) is 23.1 Å². The second-order valence-corrected chi connectivity index (χ2v) is 6.82. The van der Waals surface area contributed by atoms with Crippen LogP contribution < -0.4 is 10.7 Å². The quantitative estimate of drug-likeness (QED) is 0.727. The second kappa shape index (κ2) is 7.16. The molecule has 0 bridgehead atoms. The first-order chi connectivity index (χ1) is 12.7. The molecule has 0 radical (unpaired) electrons. The number of anilines is 1. The number of amides is 1. The molecule has 4 rings (SSSR count). The van der Waals surface area contributed by atoms with E-state index in [9.17, 15) is 9.59 Å². The Morgan fingerprint density at radius 2 is 1.62 bits per heavy atom.